The molecule has 0 amide bonds. The van der Waals surface area contributed by atoms with Gasteiger partial charge in [-0.15, -0.1) is 10.2 Å². The second-order valence-corrected chi connectivity index (χ2v) is 5.83. The predicted octanol–water partition coefficient (Wildman–Crippen LogP) is 0.166. The third kappa shape index (κ3) is 3.57. The summed E-state index contributed by atoms with van der Waals surface area (Å²) < 4.78 is 5.66. The number of halogens is 1. The summed E-state index contributed by atoms with van der Waals surface area (Å²) in [5.74, 6) is 0.351. The fourth-order valence-electron chi connectivity index (χ4n) is 1.90. The number of hydrogen-bond donors (Lipinski definition) is 4. The van der Waals surface area contributed by atoms with Crippen molar-refractivity contribution in [2.45, 2.75) is 0 Å². The third-order valence-corrected chi connectivity index (χ3v) is 3.83. The molecule has 0 atom stereocenters. The van der Waals surface area contributed by atoms with Crippen LogP contribution in [0, 0.1) is 3.57 Å². The molecule has 128 valence electrons. The van der Waals surface area contributed by atoms with Crippen LogP contribution in [0.1, 0.15) is 5.56 Å². The number of hydrazone groups is 1. The highest BCUT2D eigenvalue weighted by molar-refractivity contribution is 14.1. The quantitative estimate of drug-likeness (QED) is 0.246. The zero-order valence-electron chi connectivity index (χ0n) is 12.6. The summed E-state index contributed by atoms with van der Waals surface area (Å²) in [5.41, 5.74) is 1.72. The molecule has 0 aliphatic heterocycles. The van der Waals surface area contributed by atoms with Gasteiger partial charge in [-0.2, -0.15) is 10.1 Å². The van der Waals surface area contributed by atoms with Gasteiger partial charge in [0.15, 0.2) is 22.7 Å². The Hall–Kier alpha value is -3.03. The lowest BCUT2D eigenvalue weighted by atomic mass is 10.2. The van der Waals surface area contributed by atoms with Crippen LogP contribution in [0.5, 0.6) is 11.5 Å². The SMILES string of the molecule is COc1cc(/C=N\Nc2nnc3c(=O)[nH]c(=O)[nH]c3n2)cc(I)c1O. The molecular weight excluding hydrogens is 445 g/mol. The Bertz CT molecular complexity index is 1090. The smallest absolute Gasteiger partial charge is 0.327 e. The van der Waals surface area contributed by atoms with Crippen LogP contribution in [0.2, 0.25) is 0 Å². The molecule has 0 saturated heterocycles. The standard InChI is InChI=1S/C13H10IN7O4/c1-25-7-3-5(2-6(14)9(7)22)4-15-20-12-16-10-8(19-21-12)11(23)18-13(24)17-10/h2-4,22H,1H3,(H3,16,17,18,20,21,23,24)/b15-4-. The van der Waals surface area contributed by atoms with Gasteiger partial charge in [-0.05, 0) is 40.3 Å². The number of benzene rings is 1. The zero-order chi connectivity index (χ0) is 18.0. The second-order valence-electron chi connectivity index (χ2n) is 4.66. The van der Waals surface area contributed by atoms with Crippen LogP contribution in [0.15, 0.2) is 26.8 Å². The highest BCUT2D eigenvalue weighted by atomic mass is 127. The number of phenols is 1. The summed E-state index contributed by atoms with van der Waals surface area (Å²) in [6.07, 6.45) is 1.46. The monoisotopic (exact) mass is 455 g/mol. The maximum absolute atomic E-state index is 11.5. The van der Waals surface area contributed by atoms with Crippen molar-refractivity contribution >= 4 is 45.9 Å². The van der Waals surface area contributed by atoms with Crippen molar-refractivity contribution in [1.82, 2.24) is 25.1 Å². The minimum absolute atomic E-state index is 0.00885. The number of H-pyrrole nitrogens is 2. The number of nitrogens with one attached hydrogen (secondary N) is 3. The molecule has 0 spiro atoms. The van der Waals surface area contributed by atoms with E-state index < -0.39 is 11.2 Å². The normalized spacial score (nSPS) is 11.1. The number of aromatic amines is 2. The van der Waals surface area contributed by atoms with E-state index in [0.717, 1.165) is 0 Å². The zero-order valence-corrected chi connectivity index (χ0v) is 14.7. The molecule has 0 fully saturated rings. The summed E-state index contributed by atoms with van der Waals surface area (Å²) in [5, 5.41) is 21.1. The first-order chi connectivity index (χ1) is 12.0. The van der Waals surface area contributed by atoms with Crippen molar-refractivity contribution in [3.63, 3.8) is 0 Å². The van der Waals surface area contributed by atoms with Crippen molar-refractivity contribution < 1.29 is 9.84 Å². The van der Waals surface area contributed by atoms with E-state index in [9.17, 15) is 14.7 Å². The molecule has 0 saturated carbocycles. The molecule has 25 heavy (non-hydrogen) atoms. The largest absolute Gasteiger partial charge is 0.504 e. The van der Waals surface area contributed by atoms with Gasteiger partial charge < -0.3 is 9.84 Å². The molecule has 0 radical (unpaired) electrons. The number of phenolic OH excluding ortho intramolecular Hbond substituents is 1. The van der Waals surface area contributed by atoms with Crippen molar-refractivity contribution in [1.29, 1.82) is 0 Å². The fraction of sp³-hybridized carbons (Fsp3) is 0.0769. The number of aromatic nitrogens is 5. The number of anilines is 1. The van der Waals surface area contributed by atoms with Gasteiger partial charge in [0.1, 0.15) is 0 Å². The lowest BCUT2D eigenvalue weighted by Gasteiger charge is -2.06. The van der Waals surface area contributed by atoms with Crippen LogP contribution in [0.4, 0.5) is 5.95 Å². The summed E-state index contributed by atoms with van der Waals surface area (Å²) in [7, 11) is 1.45. The molecule has 2 heterocycles. The van der Waals surface area contributed by atoms with Gasteiger partial charge in [-0.3, -0.25) is 14.8 Å². The number of ether oxygens (including phenoxy) is 1. The van der Waals surface area contributed by atoms with E-state index in [1.807, 2.05) is 27.6 Å². The lowest BCUT2D eigenvalue weighted by Crippen LogP contribution is -2.23. The second kappa shape index (κ2) is 6.84. The number of hydrogen-bond acceptors (Lipinski definition) is 9. The third-order valence-electron chi connectivity index (χ3n) is 3.01. The Morgan fingerprint density at radius 2 is 2.12 bits per heavy atom. The molecular formula is C13H10IN7O4. The topological polar surface area (TPSA) is 158 Å². The molecule has 3 rings (SSSR count). The van der Waals surface area contributed by atoms with Crippen LogP contribution < -0.4 is 21.4 Å². The van der Waals surface area contributed by atoms with E-state index in [1.165, 1.54) is 13.3 Å². The van der Waals surface area contributed by atoms with E-state index in [0.29, 0.717) is 14.9 Å². The summed E-state index contributed by atoms with van der Waals surface area (Å²) in [4.78, 5) is 31.1. The van der Waals surface area contributed by atoms with Gasteiger partial charge in [-0.25, -0.2) is 10.2 Å². The average Bonchev–Trinajstić information content (AvgIpc) is 2.57. The van der Waals surface area contributed by atoms with Gasteiger partial charge in [0.25, 0.3) is 11.5 Å². The minimum atomic E-state index is -0.696. The Balaban J connectivity index is 1.85. The van der Waals surface area contributed by atoms with Crippen LogP contribution in [-0.4, -0.2) is 43.6 Å². The number of nitrogens with zero attached hydrogens (tertiary/aromatic N) is 4. The number of methoxy groups -OCH3 is 1. The number of rotatable bonds is 4. The molecule has 1 aromatic carbocycles. The lowest BCUT2D eigenvalue weighted by molar-refractivity contribution is 0.371. The van der Waals surface area contributed by atoms with Gasteiger partial charge in [-0.1, -0.05) is 0 Å². The van der Waals surface area contributed by atoms with Gasteiger partial charge in [0, 0.05) is 0 Å². The molecule has 0 bridgehead atoms. The first-order valence-corrected chi connectivity index (χ1v) is 7.78. The van der Waals surface area contributed by atoms with Gasteiger partial charge in [0.05, 0.1) is 16.9 Å². The van der Waals surface area contributed by atoms with E-state index in [-0.39, 0.29) is 22.9 Å². The van der Waals surface area contributed by atoms with Crippen LogP contribution in [0.3, 0.4) is 0 Å². The first-order valence-electron chi connectivity index (χ1n) is 6.70. The van der Waals surface area contributed by atoms with Crippen LogP contribution in [0.25, 0.3) is 11.2 Å². The number of aromatic hydroxyl groups is 1. The minimum Gasteiger partial charge on any atom is -0.504 e. The Labute approximate surface area is 152 Å². The molecule has 0 unspecified atom stereocenters. The summed E-state index contributed by atoms with van der Waals surface area (Å²) in [6, 6.07) is 3.29. The number of fused-ring (bicyclic) bond motifs is 1. The highest BCUT2D eigenvalue weighted by Gasteiger charge is 2.08. The van der Waals surface area contributed by atoms with Crippen molar-refractivity contribution in [3.05, 3.63) is 42.1 Å². The van der Waals surface area contributed by atoms with E-state index >= 15 is 0 Å². The molecule has 12 heteroatoms. The summed E-state index contributed by atoms with van der Waals surface area (Å²) in [6.45, 7) is 0. The molecule has 4 N–H and O–H groups in total. The Morgan fingerprint density at radius 3 is 2.88 bits per heavy atom. The van der Waals surface area contributed by atoms with Crippen molar-refractivity contribution in [3.8, 4) is 11.5 Å². The Morgan fingerprint density at radius 1 is 1.32 bits per heavy atom. The predicted molar refractivity (Wildman–Crippen MR) is 97.2 cm³/mol. The highest BCUT2D eigenvalue weighted by Crippen LogP contribution is 2.31. The van der Waals surface area contributed by atoms with Crippen molar-refractivity contribution in [2.24, 2.45) is 5.10 Å². The molecule has 0 aliphatic rings. The van der Waals surface area contributed by atoms with Gasteiger partial charge in [0.2, 0.25) is 0 Å². The molecule has 3 aromatic rings. The van der Waals surface area contributed by atoms with E-state index in [4.69, 9.17) is 4.74 Å². The molecule has 11 nitrogen and oxygen atoms in total. The first kappa shape index (κ1) is 16.8. The van der Waals surface area contributed by atoms with Crippen LogP contribution >= 0.6 is 22.6 Å². The maximum Gasteiger partial charge on any atom is 0.327 e. The summed E-state index contributed by atoms with van der Waals surface area (Å²) >= 11 is 1.96. The van der Waals surface area contributed by atoms with E-state index in [1.54, 1.807) is 12.1 Å². The average molecular weight is 455 g/mol. The Kier molecular flexibility index (Phi) is 4.60. The van der Waals surface area contributed by atoms with Crippen molar-refractivity contribution in [2.75, 3.05) is 12.5 Å². The van der Waals surface area contributed by atoms with Gasteiger partial charge >= 0.3 is 5.69 Å². The van der Waals surface area contributed by atoms with E-state index in [2.05, 4.69) is 30.7 Å². The van der Waals surface area contributed by atoms with Crippen LogP contribution in [-0.2, 0) is 0 Å². The molecule has 0 aliphatic carbocycles. The fourth-order valence-corrected chi connectivity index (χ4v) is 2.53. The molecule has 2 aromatic heterocycles. The maximum atomic E-state index is 11.5.